The number of benzene rings is 2. The quantitative estimate of drug-likeness (QED) is 0.776. The van der Waals surface area contributed by atoms with Crippen LogP contribution in [0.4, 0.5) is 0 Å². The minimum Gasteiger partial charge on any atom is -0.316 e. The van der Waals surface area contributed by atoms with E-state index in [2.05, 4.69) is 40.6 Å². The van der Waals surface area contributed by atoms with E-state index in [1.54, 1.807) is 0 Å². The van der Waals surface area contributed by atoms with Crippen LogP contribution in [0.3, 0.4) is 0 Å². The maximum atomic E-state index is 6.41. The summed E-state index contributed by atoms with van der Waals surface area (Å²) in [6.07, 6.45) is 1.81. The summed E-state index contributed by atoms with van der Waals surface area (Å²) >= 11 is 6.41. The second kappa shape index (κ2) is 5.61. The van der Waals surface area contributed by atoms with E-state index in [1.165, 1.54) is 5.56 Å². The van der Waals surface area contributed by atoms with Crippen LogP contribution in [-0.2, 0) is 6.54 Å². The largest absolute Gasteiger partial charge is 0.316 e. The van der Waals surface area contributed by atoms with Crippen molar-refractivity contribution in [2.45, 2.75) is 6.54 Å². The van der Waals surface area contributed by atoms with Crippen LogP contribution in [0.25, 0.3) is 22.0 Å². The number of rotatable bonds is 3. The summed E-state index contributed by atoms with van der Waals surface area (Å²) in [6, 6.07) is 16.4. The molecular weight excluding hydrogens is 268 g/mol. The van der Waals surface area contributed by atoms with Crippen molar-refractivity contribution in [3.8, 4) is 11.1 Å². The van der Waals surface area contributed by atoms with E-state index in [4.69, 9.17) is 11.6 Å². The van der Waals surface area contributed by atoms with Gasteiger partial charge in [0.15, 0.2) is 0 Å². The molecule has 0 aliphatic rings. The zero-order valence-corrected chi connectivity index (χ0v) is 12.0. The molecule has 0 bridgehead atoms. The number of hydrogen-bond donors (Lipinski definition) is 1. The highest BCUT2D eigenvalue weighted by Gasteiger charge is 2.05. The van der Waals surface area contributed by atoms with Gasteiger partial charge >= 0.3 is 0 Å². The number of pyridine rings is 1. The van der Waals surface area contributed by atoms with Gasteiger partial charge in [-0.3, -0.25) is 4.98 Å². The van der Waals surface area contributed by atoms with E-state index in [1.807, 2.05) is 31.4 Å². The molecule has 0 saturated heterocycles. The van der Waals surface area contributed by atoms with Gasteiger partial charge in [0.2, 0.25) is 0 Å². The van der Waals surface area contributed by atoms with Gasteiger partial charge in [-0.15, -0.1) is 0 Å². The maximum Gasteiger partial charge on any atom is 0.0702 e. The average Bonchev–Trinajstić information content (AvgIpc) is 2.47. The van der Waals surface area contributed by atoms with E-state index >= 15 is 0 Å². The Bertz CT molecular complexity index is 753. The summed E-state index contributed by atoms with van der Waals surface area (Å²) in [4.78, 5) is 4.34. The number of fused-ring (bicyclic) bond motifs is 1. The Kier molecular flexibility index (Phi) is 3.68. The lowest BCUT2D eigenvalue weighted by molar-refractivity contribution is 0.818. The van der Waals surface area contributed by atoms with Gasteiger partial charge in [-0.2, -0.15) is 0 Å². The topological polar surface area (TPSA) is 24.9 Å². The van der Waals surface area contributed by atoms with Crippen LogP contribution in [0.1, 0.15) is 5.56 Å². The molecule has 0 amide bonds. The minimum atomic E-state index is 0.779. The molecule has 0 aliphatic carbocycles. The second-order valence-electron chi connectivity index (χ2n) is 4.76. The molecule has 3 heteroatoms. The SMILES string of the molecule is CNCc1ccc(-c2ccc3ncccc3c2)c(Cl)c1. The molecule has 1 heterocycles. The molecular formula is C17H15ClN2. The van der Waals surface area contributed by atoms with Crippen LogP contribution in [0.15, 0.2) is 54.7 Å². The molecule has 0 fully saturated rings. The highest BCUT2D eigenvalue weighted by Crippen LogP contribution is 2.30. The first-order valence-electron chi connectivity index (χ1n) is 6.56. The molecule has 0 saturated carbocycles. The van der Waals surface area contributed by atoms with Gasteiger partial charge in [-0.05, 0) is 42.4 Å². The van der Waals surface area contributed by atoms with Crippen molar-refractivity contribution in [1.29, 1.82) is 0 Å². The molecule has 0 spiro atoms. The smallest absolute Gasteiger partial charge is 0.0702 e. The fourth-order valence-electron chi connectivity index (χ4n) is 2.35. The van der Waals surface area contributed by atoms with E-state index in [0.717, 1.165) is 33.6 Å². The van der Waals surface area contributed by atoms with Crippen molar-refractivity contribution in [2.75, 3.05) is 7.05 Å². The second-order valence-corrected chi connectivity index (χ2v) is 5.16. The van der Waals surface area contributed by atoms with E-state index < -0.39 is 0 Å². The summed E-state index contributed by atoms with van der Waals surface area (Å²) in [6.45, 7) is 0.821. The molecule has 100 valence electrons. The third kappa shape index (κ3) is 2.53. The molecule has 0 aliphatic heterocycles. The van der Waals surface area contributed by atoms with Crippen molar-refractivity contribution in [3.63, 3.8) is 0 Å². The Morgan fingerprint density at radius 1 is 1.10 bits per heavy atom. The number of nitrogens with zero attached hydrogens (tertiary/aromatic N) is 1. The van der Waals surface area contributed by atoms with Crippen LogP contribution in [0.5, 0.6) is 0 Å². The standard InChI is InChI=1S/C17H15ClN2/c1-19-11-12-4-6-15(16(18)9-12)13-5-7-17-14(10-13)3-2-8-20-17/h2-10,19H,11H2,1H3. The molecule has 3 rings (SSSR count). The van der Waals surface area contributed by atoms with Gasteiger partial charge < -0.3 is 5.32 Å². The fourth-order valence-corrected chi connectivity index (χ4v) is 2.66. The van der Waals surface area contributed by atoms with Gasteiger partial charge in [-0.1, -0.05) is 35.9 Å². The number of halogens is 1. The summed E-state index contributed by atoms with van der Waals surface area (Å²) in [5.41, 5.74) is 4.35. The Morgan fingerprint density at radius 2 is 2.00 bits per heavy atom. The van der Waals surface area contributed by atoms with Crippen molar-refractivity contribution in [3.05, 3.63) is 65.3 Å². The van der Waals surface area contributed by atoms with E-state index in [0.29, 0.717) is 0 Å². The number of nitrogens with one attached hydrogen (secondary N) is 1. The fraction of sp³-hybridized carbons (Fsp3) is 0.118. The summed E-state index contributed by atoms with van der Waals surface area (Å²) in [5, 5.41) is 5.03. The summed E-state index contributed by atoms with van der Waals surface area (Å²) < 4.78 is 0. The molecule has 20 heavy (non-hydrogen) atoms. The van der Waals surface area contributed by atoms with Crippen LogP contribution in [-0.4, -0.2) is 12.0 Å². The first kappa shape index (κ1) is 13.1. The first-order chi connectivity index (χ1) is 9.78. The van der Waals surface area contributed by atoms with Crippen LogP contribution in [0, 0.1) is 0 Å². The maximum absolute atomic E-state index is 6.41. The monoisotopic (exact) mass is 282 g/mol. The predicted molar refractivity (Wildman–Crippen MR) is 85.0 cm³/mol. The van der Waals surface area contributed by atoms with Gasteiger partial charge in [0.1, 0.15) is 0 Å². The van der Waals surface area contributed by atoms with Crippen LogP contribution < -0.4 is 5.32 Å². The summed E-state index contributed by atoms with van der Waals surface area (Å²) in [5.74, 6) is 0. The molecule has 3 aromatic rings. The Labute approximate surface area is 123 Å². The predicted octanol–water partition coefficient (Wildman–Crippen LogP) is 4.27. The van der Waals surface area contributed by atoms with Crippen molar-refractivity contribution in [2.24, 2.45) is 0 Å². The molecule has 1 N–H and O–H groups in total. The molecule has 2 nitrogen and oxygen atoms in total. The van der Waals surface area contributed by atoms with Crippen LogP contribution in [0.2, 0.25) is 5.02 Å². The molecule has 0 atom stereocenters. The molecule has 0 unspecified atom stereocenters. The third-order valence-corrected chi connectivity index (χ3v) is 3.64. The Morgan fingerprint density at radius 3 is 2.80 bits per heavy atom. The number of aromatic nitrogens is 1. The Hall–Kier alpha value is -1.90. The normalized spacial score (nSPS) is 10.9. The Balaban J connectivity index is 2.06. The van der Waals surface area contributed by atoms with Crippen molar-refractivity contribution < 1.29 is 0 Å². The number of hydrogen-bond acceptors (Lipinski definition) is 2. The zero-order chi connectivity index (χ0) is 13.9. The van der Waals surface area contributed by atoms with Crippen molar-refractivity contribution >= 4 is 22.5 Å². The lowest BCUT2D eigenvalue weighted by atomic mass is 10.0. The highest BCUT2D eigenvalue weighted by molar-refractivity contribution is 6.33. The van der Waals surface area contributed by atoms with Gasteiger partial charge in [0.25, 0.3) is 0 Å². The van der Waals surface area contributed by atoms with Gasteiger partial charge in [-0.25, -0.2) is 0 Å². The molecule has 1 aromatic heterocycles. The lowest BCUT2D eigenvalue weighted by Crippen LogP contribution is -2.04. The highest BCUT2D eigenvalue weighted by atomic mass is 35.5. The van der Waals surface area contributed by atoms with E-state index in [-0.39, 0.29) is 0 Å². The summed E-state index contributed by atoms with van der Waals surface area (Å²) in [7, 11) is 1.93. The third-order valence-electron chi connectivity index (χ3n) is 3.33. The molecule has 2 aromatic carbocycles. The van der Waals surface area contributed by atoms with E-state index in [9.17, 15) is 0 Å². The zero-order valence-electron chi connectivity index (χ0n) is 11.2. The first-order valence-corrected chi connectivity index (χ1v) is 6.94. The lowest BCUT2D eigenvalue weighted by Gasteiger charge is -2.08. The average molecular weight is 283 g/mol. The van der Waals surface area contributed by atoms with Crippen molar-refractivity contribution in [1.82, 2.24) is 10.3 Å². The van der Waals surface area contributed by atoms with Crippen LogP contribution >= 0.6 is 11.6 Å². The minimum absolute atomic E-state index is 0.779. The molecule has 0 radical (unpaired) electrons. The van der Waals surface area contributed by atoms with Gasteiger partial charge in [0, 0.05) is 28.7 Å². The van der Waals surface area contributed by atoms with Gasteiger partial charge in [0.05, 0.1) is 5.52 Å².